The molecule has 33 heavy (non-hydrogen) atoms. The zero-order valence-corrected chi connectivity index (χ0v) is 19.5. The molecule has 0 heterocycles. The van der Waals surface area contributed by atoms with Crippen LogP contribution in [-0.2, 0) is 16.1 Å². The molecule has 3 aromatic carbocycles. The molecule has 0 saturated heterocycles. The molecule has 0 aliphatic rings. The molecule has 0 aromatic heterocycles. The molecule has 1 atom stereocenters. The molecule has 0 fully saturated rings. The molecule has 0 radical (unpaired) electrons. The van der Waals surface area contributed by atoms with Crippen molar-refractivity contribution in [3.05, 3.63) is 102 Å². The van der Waals surface area contributed by atoms with Crippen LogP contribution < -0.4 is 10.1 Å². The van der Waals surface area contributed by atoms with Gasteiger partial charge < -0.3 is 15.0 Å². The number of rotatable bonds is 10. The van der Waals surface area contributed by atoms with Crippen LogP contribution in [0.5, 0.6) is 5.75 Å². The minimum Gasteiger partial charge on any atom is -0.497 e. The van der Waals surface area contributed by atoms with Gasteiger partial charge >= 0.3 is 0 Å². The maximum atomic E-state index is 13.8. The third-order valence-electron chi connectivity index (χ3n) is 5.93. The Kier molecular flexibility index (Phi) is 8.64. The van der Waals surface area contributed by atoms with E-state index in [1.165, 1.54) is 0 Å². The van der Waals surface area contributed by atoms with Gasteiger partial charge in [-0.05, 0) is 35.2 Å². The minimum absolute atomic E-state index is 0.0565. The van der Waals surface area contributed by atoms with Gasteiger partial charge in [0.15, 0.2) is 0 Å². The molecule has 0 aliphatic heterocycles. The topological polar surface area (TPSA) is 58.6 Å². The first kappa shape index (κ1) is 24.1. The fourth-order valence-corrected chi connectivity index (χ4v) is 4.10. The number of nitrogens with zero attached hydrogens (tertiary/aromatic N) is 1. The summed E-state index contributed by atoms with van der Waals surface area (Å²) in [7, 11) is 3.23. The van der Waals surface area contributed by atoms with Crippen LogP contribution in [0.2, 0.25) is 0 Å². The summed E-state index contributed by atoms with van der Waals surface area (Å²) in [4.78, 5) is 28.2. The van der Waals surface area contributed by atoms with Gasteiger partial charge in [-0.2, -0.15) is 0 Å². The highest BCUT2D eigenvalue weighted by Gasteiger charge is 2.30. The lowest BCUT2D eigenvalue weighted by Gasteiger charge is -2.32. The van der Waals surface area contributed by atoms with E-state index in [9.17, 15) is 9.59 Å². The van der Waals surface area contributed by atoms with Gasteiger partial charge in [0.05, 0.1) is 7.11 Å². The van der Waals surface area contributed by atoms with E-state index in [1.54, 1.807) is 19.1 Å². The normalized spacial score (nSPS) is 11.6. The van der Waals surface area contributed by atoms with Crippen LogP contribution in [0.4, 0.5) is 0 Å². The third-order valence-corrected chi connectivity index (χ3v) is 5.93. The highest BCUT2D eigenvalue weighted by atomic mass is 16.5. The number of carbonyl (C=O) groups excluding carboxylic acids is 2. The number of carbonyl (C=O) groups is 2. The van der Waals surface area contributed by atoms with Crippen molar-refractivity contribution in [2.75, 3.05) is 14.2 Å². The quantitative estimate of drug-likeness (QED) is 0.490. The Balaban J connectivity index is 1.93. The van der Waals surface area contributed by atoms with Crippen molar-refractivity contribution in [2.24, 2.45) is 0 Å². The van der Waals surface area contributed by atoms with Crippen molar-refractivity contribution in [2.45, 2.75) is 38.3 Å². The zero-order chi connectivity index (χ0) is 23.6. The molecule has 3 aromatic rings. The van der Waals surface area contributed by atoms with Crippen LogP contribution in [0.1, 0.15) is 42.4 Å². The molecule has 5 nitrogen and oxygen atoms in total. The van der Waals surface area contributed by atoms with Crippen LogP contribution in [0.25, 0.3) is 0 Å². The lowest BCUT2D eigenvalue weighted by molar-refractivity contribution is -0.141. The monoisotopic (exact) mass is 444 g/mol. The number of likely N-dealkylation sites (N-methyl/N-ethyl adjacent to an activating group) is 1. The maximum absolute atomic E-state index is 13.8. The van der Waals surface area contributed by atoms with Gasteiger partial charge in [0, 0.05) is 25.9 Å². The number of ether oxygens (including phenoxy) is 1. The largest absolute Gasteiger partial charge is 0.497 e. The Morgan fingerprint density at radius 1 is 0.879 bits per heavy atom. The molecular weight excluding hydrogens is 412 g/mol. The summed E-state index contributed by atoms with van der Waals surface area (Å²) in [5, 5.41) is 2.72. The van der Waals surface area contributed by atoms with E-state index < -0.39 is 6.04 Å². The average molecular weight is 445 g/mol. The lowest BCUT2D eigenvalue weighted by atomic mass is 9.88. The summed E-state index contributed by atoms with van der Waals surface area (Å²) in [6.07, 6.45) is 0.806. The Bertz CT molecular complexity index is 981. The average Bonchev–Trinajstić information content (AvgIpc) is 2.88. The number of hydrogen-bond acceptors (Lipinski definition) is 3. The van der Waals surface area contributed by atoms with Gasteiger partial charge in [0.1, 0.15) is 11.8 Å². The fraction of sp³-hybridized carbons (Fsp3) is 0.286. The zero-order valence-electron chi connectivity index (χ0n) is 19.5. The van der Waals surface area contributed by atoms with E-state index in [1.807, 2.05) is 67.6 Å². The first-order valence-corrected chi connectivity index (χ1v) is 11.3. The smallest absolute Gasteiger partial charge is 0.242 e. The van der Waals surface area contributed by atoms with Gasteiger partial charge in [0.25, 0.3) is 0 Å². The number of benzene rings is 3. The van der Waals surface area contributed by atoms with Gasteiger partial charge in [-0.15, -0.1) is 0 Å². The summed E-state index contributed by atoms with van der Waals surface area (Å²) >= 11 is 0. The van der Waals surface area contributed by atoms with Gasteiger partial charge in [-0.25, -0.2) is 0 Å². The Morgan fingerprint density at radius 3 is 1.88 bits per heavy atom. The highest BCUT2D eigenvalue weighted by Crippen LogP contribution is 2.29. The predicted octanol–water partition coefficient (Wildman–Crippen LogP) is 4.77. The summed E-state index contributed by atoms with van der Waals surface area (Å²) in [5.41, 5.74) is 3.10. The second-order valence-corrected chi connectivity index (χ2v) is 7.99. The van der Waals surface area contributed by atoms with Crippen molar-refractivity contribution in [1.29, 1.82) is 0 Å². The van der Waals surface area contributed by atoms with Gasteiger partial charge in [-0.1, -0.05) is 79.7 Å². The molecule has 2 amide bonds. The van der Waals surface area contributed by atoms with Crippen LogP contribution in [0.3, 0.4) is 0 Å². The van der Waals surface area contributed by atoms with E-state index in [0.29, 0.717) is 13.0 Å². The van der Waals surface area contributed by atoms with Gasteiger partial charge in [-0.3, -0.25) is 9.59 Å². The van der Waals surface area contributed by atoms with E-state index in [0.717, 1.165) is 22.4 Å². The molecule has 3 rings (SSSR count). The second kappa shape index (κ2) is 11.9. The first-order valence-electron chi connectivity index (χ1n) is 11.3. The summed E-state index contributed by atoms with van der Waals surface area (Å²) < 4.78 is 5.25. The predicted molar refractivity (Wildman–Crippen MR) is 131 cm³/mol. The summed E-state index contributed by atoms with van der Waals surface area (Å²) in [6.45, 7) is 2.28. The molecular formula is C28H32N2O3. The number of amides is 2. The highest BCUT2D eigenvalue weighted by molar-refractivity contribution is 5.88. The SMILES string of the molecule is CC[C@H](C(=O)NC)N(Cc1ccc(OC)cc1)C(=O)CC(c1ccccc1)c1ccccc1. The molecule has 1 N–H and O–H groups in total. The molecule has 0 aliphatic carbocycles. The van der Waals surface area contributed by atoms with Crippen molar-refractivity contribution < 1.29 is 14.3 Å². The third kappa shape index (κ3) is 6.22. The molecule has 0 bridgehead atoms. The fourth-order valence-electron chi connectivity index (χ4n) is 4.10. The summed E-state index contributed by atoms with van der Waals surface area (Å²) in [6, 6.07) is 27.2. The lowest BCUT2D eigenvalue weighted by Crippen LogP contribution is -2.48. The van der Waals surface area contributed by atoms with Crippen molar-refractivity contribution in [3.63, 3.8) is 0 Å². The van der Waals surface area contributed by atoms with E-state index in [4.69, 9.17) is 4.74 Å². The van der Waals surface area contributed by atoms with Gasteiger partial charge in [0.2, 0.25) is 11.8 Å². The Morgan fingerprint density at radius 2 is 1.42 bits per heavy atom. The van der Waals surface area contributed by atoms with Crippen LogP contribution >= 0.6 is 0 Å². The second-order valence-electron chi connectivity index (χ2n) is 7.99. The van der Waals surface area contributed by atoms with E-state index in [-0.39, 0.29) is 24.2 Å². The molecule has 0 saturated carbocycles. The van der Waals surface area contributed by atoms with Crippen LogP contribution in [-0.4, -0.2) is 36.9 Å². The van der Waals surface area contributed by atoms with E-state index >= 15 is 0 Å². The summed E-state index contributed by atoms with van der Waals surface area (Å²) in [5.74, 6) is 0.443. The molecule has 5 heteroatoms. The molecule has 0 spiro atoms. The van der Waals surface area contributed by atoms with Crippen molar-refractivity contribution >= 4 is 11.8 Å². The molecule has 0 unspecified atom stereocenters. The van der Waals surface area contributed by atoms with Crippen molar-refractivity contribution in [1.82, 2.24) is 10.2 Å². The Labute approximate surface area is 196 Å². The van der Waals surface area contributed by atoms with E-state index in [2.05, 4.69) is 29.6 Å². The van der Waals surface area contributed by atoms with Crippen molar-refractivity contribution in [3.8, 4) is 5.75 Å². The number of nitrogens with one attached hydrogen (secondary N) is 1. The number of methoxy groups -OCH3 is 1. The Hall–Kier alpha value is -3.60. The first-order chi connectivity index (χ1) is 16.1. The van der Waals surface area contributed by atoms with Crippen LogP contribution in [0.15, 0.2) is 84.9 Å². The minimum atomic E-state index is -0.545. The standard InChI is InChI=1S/C28H32N2O3/c1-4-26(28(32)29-2)30(20-21-15-17-24(33-3)18-16-21)27(31)19-25(22-11-7-5-8-12-22)23-13-9-6-10-14-23/h5-18,25-26H,4,19-20H2,1-3H3,(H,29,32)/t26-/m1/s1. The van der Waals surface area contributed by atoms with Crippen LogP contribution in [0, 0.1) is 0 Å². The maximum Gasteiger partial charge on any atom is 0.242 e. The molecule has 172 valence electrons. The number of hydrogen-bond donors (Lipinski definition) is 1.